The molecule has 2 rings (SSSR count). The van der Waals surface area contributed by atoms with Crippen LogP contribution in [0.4, 0.5) is 22.7 Å². The van der Waals surface area contributed by atoms with E-state index in [1.54, 1.807) is 0 Å². The molecule has 0 saturated carbocycles. The van der Waals surface area contributed by atoms with Crippen LogP contribution in [0.5, 0.6) is 0 Å². The molecular formula is C18H24B2N6O4S2. The van der Waals surface area contributed by atoms with Crippen LogP contribution < -0.4 is 26.8 Å². The van der Waals surface area contributed by atoms with Gasteiger partial charge in [0.25, 0.3) is 0 Å². The van der Waals surface area contributed by atoms with E-state index in [0.717, 1.165) is 22.7 Å². The summed E-state index contributed by atoms with van der Waals surface area (Å²) in [6, 6.07) is 14.9. The van der Waals surface area contributed by atoms with Crippen LogP contribution in [0, 0.1) is 0 Å². The van der Waals surface area contributed by atoms with Crippen molar-refractivity contribution in [1.29, 1.82) is 0 Å². The van der Waals surface area contributed by atoms with E-state index in [9.17, 15) is 0 Å². The molecule has 6 N–H and O–H groups in total. The fourth-order valence-electron chi connectivity index (χ4n) is 1.89. The Balaban J connectivity index is 0.000000561. The number of isothiocyanates is 1. The fraction of sp³-hybridized carbons (Fsp3) is 0.222. The smallest absolute Gasteiger partial charge is 0.225 e. The van der Waals surface area contributed by atoms with Crippen molar-refractivity contribution in [3.05, 3.63) is 48.5 Å². The highest BCUT2D eigenvalue weighted by Gasteiger charge is 1.96. The second-order valence-electron chi connectivity index (χ2n) is 5.14. The molecule has 0 amide bonds. The van der Waals surface area contributed by atoms with Gasteiger partial charge in [-0.15, -0.1) is 0 Å². The molecule has 0 aliphatic carbocycles. The van der Waals surface area contributed by atoms with E-state index in [-0.39, 0.29) is 6.73 Å². The average molecular weight is 474 g/mol. The van der Waals surface area contributed by atoms with Crippen LogP contribution in [-0.2, 0) is 19.6 Å². The Hall–Kier alpha value is -2.54. The molecule has 0 fully saturated rings. The minimum Gasteiger partial charge on any atom is -0.415 e. The third-order valence-corrected chi connectivity index (χ3v) is 3.53. The van der Waals surface area contributed by atoms with Gasteiger partial charge in [0.2, 0.25) is 7.98 Å². The lowest BCUT2D eigenvalue weighted by atomic mass is 10.3. The number of nitrogens with one attached hydrogen (secondary N) is 4. The predicted octanol–water partition coefficient (Wildman–Crippen LogP) is 2.40. The number of nitrogens with two attached hydrogens (primary N) is 1. The van der Waals surface area contributed by atoms with E-state index in [0.29, 0.717) is 11.8 Å². The topological polar surface area (TPSA) is 123 Å². The van der Waals surface area contributed by atoms with Gasteiger partial charge in [-0.3, -0.25) is 0 Å². The molecule has 0 aliphatic heterocycles. The van der Waals surface area contributed by atoms with Crippen molar-refractivity contribution < 1.29 is 19.6 Å². The molecule has 0 saturated heterocycles. The first-order valence-corrected chi connectivity index (χ1v) is 9.62. The third kappa shape index (κ3) is 14.5. The standard InChI is InChI=1S/C9H12BN3O2S.C9H10N2O2S.BH2N/c1-14-15-6-11-7-2-4-8(5-3-7)12-9(16)13-10;1-12-13-6-10-8-2-4-9(5-3-8)11-7-14;1-2/h2-5,11H,6H2,1H3,(H2,12,13,16);2-5,10H,6H2,1H3;2H2. The summed E-state index contributed by atoms with van der Waals surface area (Å²) < 4.78 is 0. The summed E-state index contributed by atoms with van der Waals surface area (Å²) in [7, 11) is 12.0. The summed E-state index contributed by atoms with van der Waals surface area (Å²) in [6.45, 7) is 0.582. The first-order chi connectivity index (χ1) is 15.6. The fourth-order valence-corrected chi connectivity index (χ4v) is 2.11. The largest absolute Gasteiger partial charge is 0.415 e. The van der Waals surface area contributed by atoms with Crippen LogP contribution in [0.1, 0.15) is 0 Å². The molecule has 0 aromatic heterocycles. The Morgan fingerprint density at radius 3 is 1.75 bits per heavy atom. The zero-order valence-electron chi connectivity index (χ0n) is 17.7. The maximum Gasteiger partial charge on any atom is 0.225 e. The molecule has 0 heterocycles. The van der Waals surface area contributed by atoms with E-state index < -0.39 is 0 Å². The van der Waals surface area contributed by atoms with E-state index in [4.69, 9.17) is 20.2 Å². The molecule has 4 radical (unpaired) electrons. The highest BCUT2D eigenvalue weighted by Crippen LogP contribution is 2.15. The van der Waals surface area contributed by atoms with Gasteiger partial charge in [0.15, 0.2) is 26.6 Å². The molecule has 0 atom stereocenters. The van der Waals surface area contributed by atoms with Crippen molar-refractivity contribution >= 4 is 73.4 Å². The van der Waals surface area contributed by atoms with Gasteiger partial charge >= 0.3 is 0 Å². The number of hydrogen-bond acceptors (Lipinski definition) is 10. The second-order valence-corrected chi connectivity index (χ2v) is 5.73. The Morgan fingerprint density at radius 1 is 0.906 bits per heavy atom. The maximum absolute atomic E-state index is 5.13. The number of thiocarbonyl (C=S) groups is 2. The van der Waals surface area contributed by atoms with Gasteiger partial charge in [-0.1, -0.05) is 0 Å². The summed E-state index contributed by atoms with van der Waals surface area (Å²) in [5.41, 5.74) is 7.46. The van der Waals surface area contributed by atoms with Gasteiger partial charge < -0.3 is 26.8 Å². The van der Waals surface area contributed by atoms with Gasteiger partial charge in [-0.25, -0.2) is 19.6 Å². The molecule has 2 aromatic rings. The summed E-state index contributed by atoms with van der Waals surface area (Å²) in [4.78, 5) is 22.0. The van der Waals surface area contributed by atoms with Gasteiger partial charge in [-0.05, 0) is 73.0 Å². The monoisotopic (exact) mass is 474 g/mol. The number of hydrogen-bond donors (Lipinski definition) is 5. The molecule has 10 nitrogen and oxygen atoms in total. The Labute approximate surface area is 201 Å². The predicted molar refractivity (Wildman–Crippen MR) is 136 cm³/mol. The minimum atomic E-state index is 0.284. The molecule has 0 spiro atoms. The SMILES string of the molecule is COOCNc1ccc(N=C=S)cc1.[B]N.[B]NC(=S)Nc1ccc(NCOOC)cc1. The summed E-state index contributed by atoms with van der Waals surface area (Å²) in [6.07, 6.45) is 0. The van der Waals surface area contributed by atoms with Crippen molar-refractivity contribution in [2.75, 3.05) is 43.6 Å². The normalized spacial score (nSPS) is 8.97. The minimum absolute atomic E-state index is 0.284. The summed E-state index contributed by atoms with van der Waals surface area (Å²) in [5, 5.41) is 13.9. The van der Waals surface area contributed by atoms with Crippen molar-refractivity contribution in [2.45, 2.75) is 0 Å². The van der Waals surface area contributed by atoms with Crippen molar-refractivity contribution in [3.63, 3.8) is 0 Å². The lowest BCUT2D eigenvalue weighted by Gasteiger charge is -2.09. The molecule has 0 unspecified atom stereocenters. The van der Waals surface area contributed by atoms with Crippen LogP contribution in [-0.4, -0.2) is 53.9 Å². The van der Waals surface area contributed by atoms with E-state index >= 15 is 0 Å². The summed E-state index contributed by atoms with van der Waals surface area (Å²) >= 11 is 9.34. The molecule has 14 heteroatoms. The Bertz CT molecular complexity index is 797. The van der Waals surface area contributed by atoms with Crippen LogP contribution in [0.3, 0.4) is 0 Å². The summed E-state index contributed by atoms with van der Waals surface area (Å²) in [5.74, 6) is 0. The number of aliphatic imine (C=N–C) groups is 1. The van der Waals surface area contributed by atoms with E-state index in [2.05, 4.69) is 76.7 Å². The zero-order valence-corrected chi connectivity index (χ0v) is 19.3. The number of nitrogens with zero attached hydrogens (tertiary/aromatic N) is 1. The number of benzene rings is 2. The van der Waals surface area contributed by atoms with Crippen LogP contribution in [0.25, 0.3) is 0 Å². The van der Waals surface area contributed by atoms with Crippen molar-refractivity contribution in [3.8, 4) is 0 Å². The Morgan fingerprint density at radius 2 is 1.34 bits per heavy atom. The molecule has 32 heavy (non-hydrogen) atoms. The molecule has 0 aliphatic rings. The van der Waals surface area contributed by atoms with Gasteiger partial charge in [0.05, 0.1) is 25.1 Å². The number of anilines is 3. The zero-order chi connectivity index (χ0) is 24.0. The van der Waals surface area contributed by atoms with Gasteiger partial charge in [-0.2, -0.15) is 4.99 Å². The lowest BCUT2D eigenvalue weighted by Crippen LogP contribution is -2.25. The Kier molecular flexibility index (Phi) is 18.8. The first kappa shape index (κ1) is 29.5. The lowest BCUT2D eigenvalue weighted by molar-refractivity contribution is -0.266. The highest BCUT2D eigenvalue weighted by atomic mass is 32.1. The quantitative estimate of drug-likeness (QED) is 0.0664. The van der Waals surface area contributed by atoms with Crippen molar-refractivity contribution in [2.24, 2.45) is 10.6 Å². The van der Waals surface area contributed by atoms with Gasteiger partial charge in [0.1, 0.15) is 0 Å². The van der Waals surface area contributed by atoms with E-state index in [1.807, 2.05) is 48.5 Å². The van der Waals surface area contributed by atoms with Crippen molar-refractivity contribution in [1.82, 2.24) is 5.23 Å². The molecule has 2 aromatic carbocycles. The third-order valence-electron chi connectivity index (χ3n) is 3.22. The highest BCUT2D eigenvalue weighted by molar-refractivity contribution is 7.80. The second kappa shape index (κ2) is 20.4. The number of rotatable bonds is 10. The molecule has 0 bridgehead atoms. The van der Waals surface area contributed by atoms with Crippen LogP contribution >= 0.6 is 24.4 Å². The van der Waals surface area contributed by atoms with Crippen LogP contribution in [0.2, 0.25) is 0 Å². The average Bonchev–Trinajstić information content (AvgIpc) is 2.83. The maximum atomic E-state index is 5.13. The molecule has 168 valence electrons. The van der Waals surface area contributed by atoms with Crippen LogP contribution in [0.15, 0.2) is 53.5 Å². The van der Waals surface area contributed by atoms with E-state index in [1.165, 1.54) is 14.2 Å². The molecular weight excluding hydrogens is 450 g/mol. The van der Waals surface area contributed by atoms with Gasteiger partial charge in [0, 0.05) is 17.1 Å². The first-order valence-electron chi connectivity index (χ1n) is 8.80.